The second-order valence-corrected chi connectivity index (χ2v) is 5.11. The van der Waals surface area contributed by atoms with E-state index < -0.39 is 0 Å². The zero-order chi connectivity index (χ0) is 17.8. The van der Waals surface area contributed by atoms with Crippen molar-refractivity contribution in [3.8, 4) is 17.2 Å². The van der Waals surface area contributed by atoms with Crippen LogP contribution in [0.4, 0.5) is 0 Å². The number of rotatable bonds is 5. The third-order valence-corrected chi connectivity index (χ3v) is 3.56. The van der Waals surface area contributed by atoms with Gasteiger partial charge >= 0.3 is 0 Å². The molecular weight excluding hydrogens is 324 g/mol. The minimum Gasteiger partial charge on any atom is -0.502 e. The number of nitrogens with one attached hydrogen (secondary N) is 2. The van der Waals surface area contributed by atoms with Crippen LogP contribution in [-0.4, -0.2) is 41.4 Å². The number of hydrazone groups is 1. The fourth-order valence-electron chi connectivity index (χ4n) is 2.30. The van der Waals surface area contributed by atoms with Gasteiger partial charge in [-0.15, -0.1) is 0 Å². The van der Waals surface area contributed by atoms with Crippen molar-refractivity contribution in [1.82, 2.24) is 15.4 Å². The first-order chi connectivity index (χ1) is 12.1. The van der Waals surface area contributed by atoms with Crippen LogP contribution in [0.15, 0.2) is 41.8 Å². The molecular formula is C17H16N4O4. The highest BCUT2D eigenvalue weighted by Crippen LogP contribution is 2.36. The molecule has 128 valence electrons. The average molecular weight is 340 g/mol. The number of nitrogens with zero attached hydrogens (tertiary/aromatic N) is 2. The standard InChI is InChI=1S/C17H16N4O4/c1-24-14-5-10(6-15(25-2)16(14)22)8-20-21-17(23)11-3-4-12-13(7-11)19-9-18-12/h3-9,22H,1-2H3,(H,18,19)(H,21,23)/b20-8+. The SMILES string of the molecule is COc1cc(/C=N/NC(=O)c2ccc3nc[nH]c3c2)cc(OC)c1O. The quantitative estimate of drug-likeness (QED) is 0.486. The van der Waals surface area contributed by atoms with Gasteiger partial charge in [-0.3, -0.25) is 4.79 Å². The second-order valence-electron chi connectivity index (χ2n) is 5.11. The third kappa shape index (κ3) is 3.37. The minimum absolute atomic E-state index is 0.0981. The first-order valence-electron chi connectivity index (χ1n) is 7.34. The fraction of sp³-hybridized carbons (Fsp3) is 0.118. The van der Waals surface area contributed by atoms with Gasteiger partial charge in [-0.05, 0) is 30.3 Å². The van der Waals surface area contributed by atoms with E-state index in [0.29, 0.717) is 11.1 Å². The topological polar surface area (TPSA) is 109 Å². The second kappa shape index (κ2) is 6.91. The van der Waals surface area contributed by atoms with Gasteiger partial charge in [-0.25, -0.2) is 10.4 Å². The Morgan fingerprint density at radius 2 is 1.96 bits per heavy atom. The van der Waals surface area contributed by atoms with Gasteiger partial charge in [0.1, 0.15) is 0 Å². The van der Waals surface area contributed by atoms with Gasteiger partial charge in [0, 0.05) is 11.1 Å². The molecule has 8 heteroatoms. The minimum atomic E-state index is -0.356. The van der Waals surface area contributed by atoms with Crippen molar-refractivity contribution in [3.63, 3.8) is 0 Å². The number of H-pyrrole nitrogens is 1. The van der Waals surface area contributed by atoms with Crippen molar-refractivity contribution >= 4 is 23.2 Å². The number of imidazole rings is 1. The number of amides is 1. The number of ether oxygens (including phenoxy) is 2. The van der Waals surface area contributed by atoms with Gasteiger partial charge in [0.15, 0.2) is 11.5 Å². The predicted molar refractivity (Wildman–Crippen MR) is 92.4 cm³/mol. The number of phenols is 1. The zero-order valence-corrected chi connectivity index (χ0v) is 13.6. The van der Waals surface area contributed by atoms with Crippen molar-refractivity contribution in [2.24, 2.45) is 5.10 Å². The lowest BCUT2D eigenvalue weighted by Gasteiger charge is -2.09. The zero-order valence-electron chi connectivity index (χ0n) is 13.6. The average Bonchev–Trinajstić information content (AvgIpc) is 3.10. The number of phenolic OH excluding ortho intramolecular Hbond substituents is 1. The van der Waals surface area contributed by atoms with Gasteiger partial charge < -0.3 is 19.6 Å². The molecule has 0 aliphatic rings. The molecule has 0 atom stereocenters. The summed E-state index contributed by atoms with van der Waals surface area (Å²) in [6, 6.07) is 8.26. The third-order valence-electron chi connectivity index (χ3n) is 3.56. The van der Waals surface area contributed by atoms with E-state index >= 15 is 0 Å². The largest absolute Gasteiger partial charge is 0.502 e. The van der Waals surface area contributed by atoms with E-state index in [-0.39, 0.29) is 23.2 Å². The number of hydrogen-bond donors (Lipinski definition) is 3. The molecule has 0 fully saturated rings. The molecule has 0 unspecified atom stereocenters. The van der Waals surface area contributed by atoms with E-state index in [1.807, 2.05) is 0 Å². The Kier molecular flexibility index (Phi) is 4.51. The molecule has 1 aromatic heterocycles. The summed E-state index contributed by atoms with van der Waals surface area (Å²) in [6.45, 7) is 0. The summed E-state index contributed by atoms with van der Waals surface area (Å²) in [5.41, 5.74) is 5.04. The predicted octanol–water partition coefficient (Wildman–Crippen LogP) is 2.05. The van der Waals surface area contributed by atoms with Gasteiger partial charge in [0.05, 0.1) is 37.8 Å². The molecule has 25 heavy (non-hydrogen) atoms. The smallest absolute Gasteiger partial charge is 0.271 e. The number of hydrogen-bond acceptors (Lipinski definition) is 6. The van der Waals surface area contributed by atoms with Crippen molar-refractivity contribution in [3.05, 3.63) is 47.8 Å². The number of aromatic hydroxyl groups is 1. The number of fused-ring (bicyclic) bond motifs is 1. The van der Waals surface area contributed by atoms with Gasteiger partial charge in [-0.1, -0.05) is 0 Å². The maximum atomic E-state index is 12.2. The van der Waals surface area contributed by atoms with Crippen LogP contribution in [0.1, 0.15) is 15.9 Å². The van der Waals surface area contributed by atoms with E-state index in [2.05, 4.69) is 20.5 Å². The summed E-state index contributed by atoms with van der Waals surface area (Å²) in [5.74, 6) is 0.0400. The molecule has 0 aliphatic heterocycles. The van der Waals surface area contributed by atoms with Crippen LogP contribution >= 0.6 is 0 Å². The molecule has 0 bridgehead atoms. The van der Waals surface area contributed by atoms with E-state index in [9.17, 15) is 9.90 Å². The highest BCUT2D eigenvalue weighted by molar-refractivity contribution is 5.97. The number of benzene rings is 2. The summed E-state index contributed by atoms with van der Waals surface area (Å²) >= 11 is 0. The number of aromatic amines is 1. The molecule has 0 saturated heterocycles. The van der Waals surface area contributed by atoms with Gasteiger partial charge in [-0.2, -0.15) is 5.10 Å². The van der Waals surface area contributed by atoms with E-state index in [1.54, 1.807) is 36.7 Å². The summed E-state index contributed by atoms with van der Waals surface area (Å²) in [5, 5.41) is 13.8. The Morgan fingerprint density at radius 3 is 2.64 bits per heavy atom. The molecule has 1 amide bonds. The monoisotopic (exact) mass is 340 g/mol. The lowest BCUT2D eigenvalue weighted by Crippen LogP contribution is -2.17. The molecule has 0 spiro atoms. The Morgan fingerprint density at radius 1 is 1.24 bits per heavy atom. The molecule has 0 aliphatic carbocycles. The van der Waals surface area contributed by atoms with Crippen LogP contribution in [0.5, 0.6) is 17.2 Å². The molecule has 3 rings (SSSR count). The Labute approximate surface area is 143 Å². The van der Waals surface area contributed by atoms with Crippen LogP contribution in [-0.2, 0) is 0 Å². The number of carbonyl (C=O) groups is 1. The first-order valence-corrected chi connectivity index (χ1v) is 7.34. The summed E-state index contributed by atoms with van der Waals surface area (Å²) in [7, 11) is 2.87. The van der Waals surface area contributed by atoms with Gasteiger partial charge in [0.2, 0.25) is 5.75 Å². The summed E-state index contributed by atoms with van der Waals surface area (Å²) in [6.07, 6.45) is 2.99. The lowest BCUT2D eigenvalue weighted by atomic mass is 10.2. The highest BCUT2D eigenvalue weighted by Gasteiger charge is 2.10. The Bertz CT molecular complexity index is 924. The molecule has 3 aromatic rings. The maximum absolute atomic E-state index is 12.2. The Hall–Kier alpha value is -3.55. The van der Waals surface area contributed by atoms with E-state index in [1.165, 1.54) is 20.4 Å². The highest BCUT2D eigenvalue weighted by atomic mass is 16.5. The molecule has 2 aromatic carbocycles. The summed E-state index contributed by atoms with van der Waals surface area (Å²) in [4.78, 5) is 19.2. The van der Waals surface area contributed by atoms with Crippen molar-refractivity contribution < 1.29 is 19.4 Å². The van der Waals surface area contributed by atoms with Crippen LogP contribution in [0.3, 0.4) is 0 Å². The van der Waals surface area contributed by atoms with Crippen LogP contribution < -0.4 is 14.9 Å². The normalized spacial score (nSPS) is 11.0. The lowest BCUT2D eigenvalue weighted by molar-refractivity contribution is 0.0955. The molecule has 0 radical (unpaired) electrons. The van der Waals surface area contributed by atoms with Crippen LogP contribution in [0, 0.1) is 0 Å². The molecule has 1 heterocycles. The van der Waals surface area contributed by atoms with Crippen molar-refractivity contribution in [1.29, 1.82) is 0 Å². The molecule has 3 N–H and O–H groups in total. The number of aromatic nitrogens is 2. The van der Waals surface area contributed by atoms with E-state index in [0.717, 1.165) is 11.0 Å². The number of methoxy groups -OCH3 is 2. The Balaban J connectivity index is 1.75. The van der Waals surface area contributed by atoms with Crippen molar-refractivity contribution in [2.75, 3.05) is 14.2 Å². The van der Waals surface area contributed by atoms with Crippen LogP contribution in [0.2, 0.25) is 0 Å². The number of carbonyl (C=O) groups excluding carboxylic acids is 1. The summed E-state index contributed by atoms with van der Waals surface area (Å²) < 4.78 is 10.1. The fourth-order valence-corrected chi connectivity index (χ4v) is 2.30. The van der Waals surface area contributed by atoms with Gasteiger partial charge in [0.25, 0.3) is 5.91 Å². The molecule has 8 nitrogen and oxygen atoms in total. The molecule has 0 saturated carbocycles. The first kappa shape index (κ1) is 16.3. The van der Waals surface area contributed by atoms with Crippen molar-refractivity contribution in [2.45, 2.75) is 0 Å². The van der Waals surface area contributed by atoms with Crippen LogP contribution in [0.25, 0.3) is 11.0 Å². The van der Waals surface area contributed by atoms with E-state index in [4.69, 9.17) is 9.47 Å². The maximum Gasteiger partial charge on any atom is 0.271 e.